The van der Waals surface area contributed by atoms with Gasteiger partial charge in [0.1, 0.15) is 12.4 Å². The lowest BCUT2D eigenvalue weighted by atomic mass is 10.1. The smallest absolute Gasteiger partial charge is 0.261 e. The number of rotatable bonds is 4. The van der Waals surface area contributed by atoms with E-state index in [1.165, 1.54) is 11.5 Å². The van der Waals surface area contributed by atoms with Gasteiger partial charge in [0.25, 0.3) is 5.56 Å². The predicted octanol–water partition coefficient (Wildman–Crippen LogP) is 2.55. The highest BCUT2D eigenvalue weighted by molar-refractivity contribution is 6.03. The molecule has 25 heavy (non-hydrogen) atoms. The van der Waals surface area contributed by atoms with E-state index in [0.717, 1.165) is 0 Å². The summed E-state index contributed by atoms with van der Waals surface area (Å²) in [7, 11) is 0. The van der Waals surface area contributed by atoms with Gasteiger partial charge in [-0.1, -0.05) is 24.3 Å². The number of aromatic nitrogens is 2. The molecule has 0 bridgehead atoms. The molecule has 6 heteroatoms. The third-order valence-corrected chi connectivity index (χ3v) is 3.93. The van der Waals surface area contributed by atoms with Crippen LogP contribution in [0.4, 0.5) is 5.69 Å². The quantitative estimate of drug-likeness (QED) is 0.743. The maximum absolute atomic E-state index is 12.6. The Labute approximate surface area is 144 Å². The number of hydrogen-bond acceptors (Lipinski definition) is 4. The Morgan fingerprint density at radius 1 is 1.08 bits per heavy atom. The summed E-state index contributed by atoms with van der Waals surface area (Å²) in [6, 6.07) is 13.8. The van der Waals surface area contributed by atoms with Crippen molar-refractivity contribution in [1.29, 1.82) is 0 Å². The lowest BCUT2D eigenvalue weighted by molar-refractivity contribution is -0.116. The van der Waals surface area contributed by atoms with Gasteiger partial charge in [0.15, 0.2) is 5.78 Å². The topological polar surface area (TPSA) is 81.1 Å². The highest BCUT2D eigenvalue weighted by Gasteiger charge is 2.13. The molecule has 0 saturated carbocycles. The number of carbonyl (C=O) groups is 2. The highest BCUT2D eigenvalue weighted by atomic mass is 16.2. The SMILES string of the molecule is CC(=O)c1ccccc1NC(=O)Cn1c(C)nc2ccccc2c1=O. The van der Waals surface area contributed by atoms with Crippen LogP contribution in [0.25, 0.3) is 10.9 Å². The van der Waals surface area contributed by atoms with Gasteiger partial charge in [-0.25, -0.2) is 4.98 Å². The largest absolute Gasteiger partial charge is 0.324 e. The number of Topliss-reactive ketones (excluding diaryl/α,β-unsaturated/α-hetero) is 1. The summed E-state index contributed by atoms with van der Waals surface area (Å²) in [5, 5.41) is 3.16. The summed E-state index contributed by atoms with van der Waals surface area (Å²) in [5.41, 5.74) is 1.19. The molecule has 0 fully saturated rings. The Hall–Kier alpha value is -3.28. The first-order chi connectivity index (χ1) is 12.0. The van der Waals surface area contributed by atoms with Gasteiger partial charge in [-0.3, -0.25) is 19.0 Å². The third-order valence-electron chi connectivity index (χ3n) is 3.93. The number of anilines is 1. The molecular weight excluding hydrogens is 318 g/mol. The number of benzene rings is 2. The van der Waals surface area contributed by atoms with Crippen LogP contribution in [0, 0.1) is 6.92 Å². The van der Waals surface area contributed by atoms with Gasteiger partial charge in [-0.05, 0) is 38.1 Å². The summed E-state index contributed by atoms with van der Waals surface area (Å²) in [6.07, 6.45) is 0. The zero-order chi connectivity index (χ0) is 18.0. The maximum Gasteiger partial charge on any atom is 0.261 e. The molecule has 6 nitrogen and oxygen atoms in total. The number of nitrogens with one attached hydrogen (secondary N) is 1. The van der Waals surface area contributed by atoms with E-state index in [-0.39, 0.29) is 17.9 Å². The van der Waals surface area contributed by atoms with E-state index in [0.29, 0.717) is 28.0 Å². The van der Waals surface area contributed by atoms with Crippen molar-refractivity contribution in [3.63, 3.8) is 0 Å². The molecule has 0 unspecified atom stereocenters. The number of ketones is 1. The minimum atomic E-state index is -0.393. The molecule has 1 heterocycles. The van der Waals surface area contributed by atoms with Crippen molar-refractivity contribution in [2.45, 2.75) is 20.4 Å². The lowest BCUT2D eigenvalue weighted by Gasteiger charge is -2.12. The summed E-state index contributed by atoms with van der Waals surface area (Å²) < 4.78 is 1.33. The molecule has 0 spiro atoms. The van der Waals surface area contributed by atoms with Crippen molar-refractivity contribution in [2.24, 2.45) is 0 Å². The first-order valence-corrected chi connectivity index (χ1v) is 7.83. The molecular formula is C19H17N3O3. The zero-order valence-electron chi connectivity index (χ0n) is 13.9. The Kier molecular flexibility index (Phi) is 4.43. The van der Waals surface area contributed by atoms with E-state index in [1.807, 2.05) is 6.07 Å². The fraction of sp³-hybridized carbons (Fsp3) is 0.158. The van der Waals surface area contributed by atoms with Crippen molar-refractivity contribution in [2.75, 3.05) is 5.32 Å². The van der Waals surface area contributed by atoms with Gasteiger partial charge >= 0.3 is 0 Å². The molecule has 0 radical (unpaired) electrons. The minimum absolute atomic E-state index is 0.142. The molecule has 0 aliphatic rings. The van der Waals surface area contributed by atoms with Gasteiger partial charge in [0.2, 0.25) is 5.91 Å². The Balaban J connectivity index is 1.91. The van der Waals surface area contributed by atoms with E-state index >= 15 is 0 Å². The predicted molar refractivity (Wildman–Crippen MR) is 95.8 cm³/mol. The van der Waals surface area contributed by atoms with Crippen molar-refractivity contribution in [3.8, 4) is 0 Å². The molecule has 0 saturated heterocycles. The molecule has 3 rings (SSSR count). The van der Waals surface area contributed by atoms with Crippen LogP contribution in [0.1, 0.15) is 23.1 Å². The molecule has 0 atom stereocenters. The van der Waals surface area contributed by atoms with Gasteiger partial charge in [-0.2, -0.15) is 0 Å². The number of para-hydroxylation sites is 2. The monoisotopic (exact) mass is 335 g/mol. The van der Waals surface area contributed by atoms with Crippen LogP contribution < -0.4 is 10.9 Å². The maximum atomic E-state index is 12.6. The van der Waals surface area contributed by atoms with E-state index in [9.17, 15) is 14.4 Å². The molecule has 1 N–H and O–H groups in total. The second kappa shape index (κ2) is 6.68. The average Bonchev–Trinajstić information content (AvgIpc) is 2.59. The van der Waals surface area contributed by atoms with Crippen LogP contribution in [0.3, 0.4) is 0 Å². The van der Waals surface area contributed by atoms with Gasteiger partial charge in [0.05, 0.1) is 16.6 Å². The second-order valence-corrected chi connectivity index (χ2v) is 5.72. The van der Waals surface area contributed by atoms with E-state index in [1.54, 1.807) is 49.4 Å². The molecule has 126 valence electrons. The van der Waals surface area contributed by atoms with E-state index in [2.05, 4.69) is 10.3 Å². The molecule has 2 aromatic carbocycles. The van der Waals surface area contributed by atoms with Crippen LogP contribution >= 0.6 is 0 Å². The fourth-order valence-electron chi connectivity index (χ4n) is 2.70. The van der Waals surface area contributed by atoms with Crippen molar-refractivity contribution < 1.29 is 9.59 Å². The van der Waals surface area contributed by atoms with Crippen molar-refractivity contribution in [3.05, 3.63) is 70.3 Å². The molecule has 1 aromatic heterocycles. The number of amides is 1. The van der Waals surface area contributed by atoms with E-state index < -0.39 is 5.91 Å². The average molecular weight is 335 g/mol. The number of nitrogens with zero attached hydrogens (tertiary/aromatic N) is 2. The summed E-state index contributed by atoms with van der Waals surface area (Å²) in [6.45, 7) is 2.95. The Bertz CT molecular complexity index is 1040. The fourth-order valence-corrected chi connectivity index (χ4v) is 2.70. The molecule has 1 amide bonds. The zero-order valence-corrected chi connectivity index (χ0v) is 13.9. The normalized spacial score (nSPS) is 10.6. The van der Waals surface area contributed by atoms with Gasteiger partial charge in [0, 0.05) is 5.56 Å². The molecule has 0 aliphatic heterocycles. The van der Waals surface area contributed by atoms with Gasteiger partial charge in [-0.15, -0.1) is 0 Å². The van der Waals surface area contributed by atoms with E-state index in [4.69, 9.17) is 0 Å². The summed E-state index contributed by atoms with van der Waals surface area (Å²) in [5.74, 6) is -0.0775. The van der Waals surface area contributed by atoms with Gasteiger partial charge < -0.3 is 5.32 Å². The second-order valence-electron chi connectivity index (χ2n) is 5.72. The first-order valence-electron chi connectivity index (χ1n) is 7.83. The number of hydrogen-bond donors (Lipinski definition) is 1. The first kappa shape index (κ1) is 16.6. The Morgan fingerprint density at radius 2 is 1.76 bits per heavy atom. The van der Waals surface area contributed by atoms with Crippen LogP contribution in [-0.2, 0) is 11.3 Å². The number of carbonyl (C=O) groups excluding carboxylic acids is 2. The summed E-state index contributed by atoms with van der Waals surface area (Å²) in [4.78, 5) is 41.0. The Morgan fingerprint density at radius 3 is 2.52 bits per heavy atom. The molecule has 3 aromatic rings. The minimum Gasteiger partial charge on any atom is -0.324 e. The van der Waals surface area contributed by atoms with Crippen molar-refractivity contribution >= 4 is 28.3 Å². The van der Waals surface area contributed by atoms with Crippen LogP contribution in [0.2, 0.25) is 0 Å². The van der Waals surface area contributed by atoms with Crippen LogP contribution in [0.5, 0.6) is 0 Å². The van der Waals surface area contributed by atoms with Crippen LogP contribution in [0.15, 0.2) is 53.3 Å². The summed E-state index contributed by atoms with van der Waals surface area (Å²) >= 11 is 0. The standard InChI is InChI=1S/C19H17N3O3/c1-12(23)14-7-3-5-9-16(14)21-18(24)11-22-13(2)20-17-10-6-4-8-15(17)19(22)25/h3-10H,11H2,1-2H3,(H,21,24). The lowest BCUT2D eigenvalue weighted by Crippen LogP contribution is -2.30. The number of aryl methyl sites for hydroxylation is 1. The van der Waals surface area contributed by atoms with Crippen LogP contribution in [-0.4, -0.2) is 21.2 Å². The highest BCUT2D eigenvalue weighted by Crippen LogP contribution is 2.15. The number of fused-ring (bicyclic) bond motifs is 1. The third kappa shape index (κ3) is 3.33. The van der Waals surface area contributed by atoms with Crippen molar-refractivity contribution in [1.82, 2.24) is 9.55 Å². The molecule has 0 aliphatic carbocycles.